The van der Waals surface area contributed by atoms with Gasteiger partial charge in [-0.15, -0.1) is 6.42 Å². The summed E-state index contributed by atoms with van der Waals surface area (Å²) >= 11 is 0. The maximum absolute atomic E-state index is 13.4. The lowest BCUT2D eigenvalue weighted by Crippen LogP contribution is -2.56. The summed E-state index contributed by atoms with van der Waals surface area (Å²) in [5.74, 6) is 0.147. The van der Waals surface area contributed by atoms with E-state index in [0.717, 1.165) is 5.56 Å². The minimum Gasteiger partial charge on any atom is -0.481 e. The van der Waals surface area contributed by atoms with Crippen LogP contribution in [-0.4, -0.2) is 66.0 Å². The second kappa shape index (κ2) is 9.68. The van der Waals surface area contributed by atoms with Crippen LogP contribution in [0.15, 0.2) is 24.3 Å². The fraction of sp³-hybridized carbons (Fsp3) is 0.455. The Morgan fingerprint density at radius 3 is 2.53 bits per heavy atom. The summed E-state index contributed by atoms with van der Waals surface area (Å²) in [6.45, 7) is -1.53. The minimum absolute atomic E-state index is 0.145. The van der Waals surface area contributed by atoms with Gasteiger partial charge in [-0.25, -0.2) is 9.40 Å². The van der Waals surface area contributed by atoms with Crippen molar-refractivity contribution < 1.29 is 28.3 Å². The van der Waals surface area contributed by atoms with Gasteiger partial charge in [0.05, 0.1) is 5.41 Å². The van der Waals surface area contributed by atoms with Gasteiger partial charge in [0, 0.05) is 6.54 Å². The van der Waals surface area contributed by atoms with E-state index in [1.54, 1.807) is 12.1 Å². The van der Waals surface area contributed by atoms with E-state index in [9.17, 15) is 23.6 Å². The molecule has 0 aromatic heterocycles. The summed E-state index contributed by atoms with van der Waals surface area (Å²) < 4.78 is 18.2. The summed E-state index contributed by atoms with van der Waals surface area (Å²) in [6.07, 6.45) is 7.48. The summed E-state index contributed by atoms with van der Waals surface area (Å²) in [6, 6.07) is 6.30. The largest absolute Gasteiger partial charge is 0.481 e. The summed E-state index contributed by atoms with van der Waals surface area (Å²) in [5.41, 5.74) is 7.42. The number of hydrogen-bond acceptors (Lipinski definition) is 5. The Morgan fingerprint density at radius 2 is 1.97 bits per heavy atom. The first-order valence-corrected chi connectivity index (χ1v) is 10.3. The number of likely N-dealkylation sites (tertiary alicyclic amines) is 1. The van der Waals surface area contributed by atoms with Gasteiger partial charge < -0.3 is 15.4 Å². The molecule has 0 spiro atoms. The molecule has 1 aliphatic carbocycles. The van der Waals surface area contributed by atoms with Crippen molar-refractivity contribution in [1.82, 2.24) is 15.3 Å². The number of nitrogens with two attached hydrogens (primary N) is 1. The van der Waals surface area contributed by atoms with Crippen LogP contribution in [0.2, 0.25) is 0 Å². The minimum atomic E-state index is -1.40. The first-order valence-electron chi connectivity index (χ1n) is 10.3. The number of hydrogen-bond donors (Lipinski definition) is 2. The molecule has 1 atom stereocenters. The number of hydrazine groups is 1. The quantitative estimate of drug-likeness (QED) is 0.433. The van der Waals surface area contributed by atoms with Crippen LogP contribution in [-0.2, 0) is 24.6 Å². The van der Waals surface area contributed by atoms with Gasteiger partial charge >= 0.3 is 0 Å². The average molecular weight is 444 g/mol. The first kappa shape index (κ1) is 23.1. The zero-order valence-corrected chi connectivity index (χ0v) is 17.5. The molecule has 2 aliphatic rings. The van der Waals surface area contributed by atoms with E-state index < -0.39 is 42.4 Å². The van der Waals surface area contributed by atoms with E-state index >= 15 is 0 Å². The van der Waals surface area contributed by atoms with E-state index in [1.807, 2.05) is 12.1 Å². The second-order valence-corrected chi connectivity index (χ2v) is 7.81. The Labute approximate surface area is 185 Å². The Kier molecular flexibility index (Phi) is 6.98. The third-order valence-electron chi connectivity index (χ3n) is 5.68. The third-order valence-corrected chi connectivity index (χ3v) is 5.68. The number of halogens is 1. The summed E-state index contributed by atoms with van der Waals surface area (Å²) in [5, 5.41) is 0.549. The Hall–Kier alpha value is -3.61. The number of alkyl halides is 1. The van der Waals surface area contributed by atoms with Gasteiger partial charge in [-0.05, 0) is 43.4 Å². The molecule has 1 saturated carbocycles. The van der Waals surface area contributed by atoms with E-state index in [1.165, 1.54) is 4.90 Å². The zero-order valence-electron chi connectivity index (χ0n) is 17.5. The number of carbonyl (C=O) groups excluding carboxylic acids is 4. The van der Waals surface area contributed by atoms with Crippen molar-refractivity contribution >= 4 is 23.6 Å². The summed E-state index contributed by atoms with van der Waals surface area (Å²) in [7, 11) is 0. The van der Waals surface area contributed by atoms with Crippen molar-refractivity contribution in [2.75, 3.05) is 26.4 Å². The molecule has 9 nitrogen and oxygen atoms in total. The van der Waals surface area contributed by atoms with Crippen LogP contribution in [0, 0.1) is 12.3 Å². The molecular weight excluding hydrogens is 419 g/mol. The lowest BCUT2D eigenvalue weighted by Gasteiger charge is -2.30. The lowest BCUT2D eigenvalue weighted by atomic mass is 9.94. The zero-order chi connectivity index (χ0) is 23.3. The van der Waals surface area contributed by atoms with E-state index in [4.69, 9.17) is 16.9 Å². The standard InChI is InChI=1S/C22H25FN4O5/c1-2-12-32-16-7-5-15(6-8-16)22(9-10-22)21(31)26-11-3-4-17(26)20(30)25-27(14-18(24)28)19(29)13-23/h1,5-8,17H,3-4,9-14H2,(H2,24,28)(H,25,30)/t17-/m0/s1. The number of terminal acetylenes is 1. The Bertz CT molecular complexity index is 939. The average Bonchev–Trinajstić information content (AvgIpc) is 3.45. The molecule has 1 aromatic carbocycles. The first-order chi connectivity index (χ1) is 15.3. The number of benzene rings is 1. The molecule has 0 bridgehead atoms. The number of rotatable bonds is 8. The molecule has 3 rings (SSSR count). The summed E-state index contributed by atoms with van der Waals surface area (Å²) in [4.78, 5) is 50.6. The molecule has 4 amide bonds. The highest BCUT2D eigenvalue weighted by Crippen LogP contribution is 2.50. The van der Waals surface area contributed by atoms with Gasteiger partial charge in [0.15, 0.2) is 6.67 Å². The second-order valence-electron chi connectivity index (χ2n) is 7.81. The topological polar surface area (TPSA) is 122 Å². The fourth-order valence-electron chi connectivity index (χ4n) is 3.93. The van der Waals surface area contributed by atoms with E-state index in [2.05, 4.69) is 11.3 Å². The maximum atomic E-state index is 13.4. The van der Waals surface area contributed by atoms with Crippen molar-refractivity contribution in [2.45, 2.75) is 37.1 Å². The molecular formula is C22H25FN4O5. The van der Waals surface area contributed by atoms with Crippen molar-refractivity contribution in [3.63, 3.8) is 0 Å². The van der Waals surface area contributed by atoms with Crippen LogP contribution in [0.1, 0.15) is 31.2 Å². The Morgan fingerprint density at radius 1 is 1.28 bits per heavy atom. The third kappa shape index (κ3) is 4.82. The monoisotopic (exact) mass is 444 g/mol. The predicted octanol–water partition coefficient (Wildman–Crippen LogP) is 0.0358. The number of primary amides is 1. The van der Waals surface area contributed by atoms with Gasteiger partial charge in [-0.2, -0.15) is 0 Å². The molecule has 1 aliphatic heterocycles. The molecule has 0 radical (unpaired) electrons. The van der Waals surface area contributed by atoms with Crippen molar-refractivity contribution in [3.05, 3.63) is 29.8 Å². The van der Waals surface area contributed by atoms with Crippen LogP contribution in [0.4, 0.5) is 4.39 Å². The normalized spacial score (nSPS) is 18.4. The van der Waals surface area contributed by atoms with Crippen LogP contribution in [0.3, 0.4) is 0 Å². The molecule has 3 N–H and O–H groups in total. The van der Waals surface area contributed by atoms with Crippen LogP contribution >= 0.6 is 0 Å². The highest BCUT2D eigenvalue weighted by Gasteiger charge is 2.55. The molecule has 0 unspecified atom stereocenters. The van der Waals surface area contributed by atoms with Crippen LogP contribution in [0.5, 0.6) is 5.75 Å². The van der Waals surface area contributed by atoms with Crippen molar-refractivity contribution in [2.24, 2.45) is 5.73 Å². The number of amides is 4. The smallest absolute Gasteiger partial charge is 0.272 e. The van der Waals surface area contributed by atoms with E-state index in [-0.39, 0.29) is 12.5 Å². The lowest BCUT2D eigenvalue weighted by molar-refractivity contribution is -0.148. The highest BCUT2D eigenvalue weighted by atomic mass is 19.1. The predicted molar refractivity (Wildman–Crippen MR) is 111 cm³/mol. The van der Waals surface area contributed by atoms with Gasteiger partial charge in [-0.1, -0.05) is 18.1 Å². The SMILES string of the molecule is C#CCOc1ccc(C2(C(=O)N3CCC[C@H]3C(=O)NN(CC(N)=O)C(=O)CF)CC2)cc1. The van der Waals surface area contributed by atoms with Gasteiger partial charge in [0.1, 0.15) is 24.9 Å². The van der Waals surface area contributed by atoms with Gasteiger partial charge in [0.25, 0.3) is 11.8 Å². The molecule has 32 heavy (non-hydrogen) atoms. The van der Waals surface area contributed by atoms with Gasteiger partial charge in [-0.3, -0.25) is 24.6 Å². The molecule has 2 fully saturated rings. The number of nitrogens with one attached hydrogen (secondary N) is 1. The number of nitrogens with zero attached hydrogens (tertiary/aromatic N) is 2. The fourth-order valence-corrected chi connectivity index (χ4v) is 3.93. The molecule has 1 aromatic rings. The molecule has 170 valence electrons. The van der Waals surface area contributed by atoms with Crippen molar-refractivity contribution in [3.8, 4) is 18.1 Å². The Balaban J connectivity index is 1.72. The van der Waals surface area contributed by atoms with Crippen LogP contribution < -0.4 is 15.9 Å². The highest BCUT2D eigenvalue weighted by molar-refractivity contribution is 5.96. The van der Waals surface area contributed by atoms with Crippen LogP contribution in [0.25, 0.3) is 0 Å². The molecule has 1 heterocycles. The molecule has 10 heteroatoms. The van der Waals surface area contributed by atoms with Gasteiger partial charge in [0.2, 0.25) is 11.8 Å². The number of ether oxygens (including phenoxy) is 1. The van der Waals surface area contributed by atoms with E-state index in [0.29, 0.717) is 43.0 Å². The van der Waals surface area contributed by atoms with Crippen molar-refractivity contribution in [1.29, 1.82) is 0 Å². The number of carbonyl (C=O) groups is 4. The molecule has 1 saturated heterocycles. The maximum Gasteiger partial charge on any atom is 0.272 e.